The van der Waals surface area contributed by atoms with Gasteiger partial charge in [0.15, 0.2) is 0 Å². The Labute approximate surface area is 155 Å². The molecule has 25 heavy (non-hydrogen) atoms. The van der Waals surface area contributed by atoms with Gasteiger partial charge in [-0.15, -0.1) is 0 Å². The molecule has 0 unspecified atom stereocenters. The number of fused-ring (bicyclic) bond motifs is 1. The molecule has 0 spiro atoms. The highest BCUT2D eigenvalue weighted by Gasteiger charge is 2.51. The first kappa shape index (κ1) is 20.3. The molecular formula is C23H39NO. The van der Waals surface area contributed by atoms with Crippen molar-refractivity contribution in [3.05, 3.63) is 23.3 Å². The van der Waals surface area contributed by atoms with Gasteiger partial charge < -0.3 is 5.21 Å². The second kappa shape index (κ2) is 8.10. The van der Waals surface area contributed by atoms with Crippen molar-refractivity contribution in [3.63, 3.8) is 0 Å². The van der Waals surface area contributed by atoms with Crippen molar-refractivity contribution in [1.82, 2.24) is 0 Å². The summed E-state index contributed by atoms with van der Waals surface area (Å²) < 4.78 is 0. The second-order valence-corrected chi connectivity index (χ2v) is 9.60. The first-order valence-electron chi connectivity index (χ1n) is 10.2. The summed E-state index contributed by atoms with van der Waals surface area (Å²) >= 11 is 0. The van der Waals surface area contributed by atoms with Crippen LogP contribution in [0.5, 0.6) is 0 Å². The zero-order valence-corrected chi connectivity index (χ0v) is 17.4. The molecule has 0 aliphatic heterocycles. The Bertz CT molecular complexity index is 554. The van der Waals surface area contributed by atoms with Gasteiger partial charge in [-0.25, -0.2) is 0 Å². The lowest BCUT2D eigenvalue weighted by Gasteiger charge is -2.57. The topological polar surface area (TPSA) is 32.6 Å². The highest BCUT2D eigenvalue weighted by Crippen LogP contribution is 2.60. The van der Waals surface area contributed by atoms with E-state index in [1.165, 1.54) is 44.1 Å². The normalized spacial score (nSPS) is 33.0. The lowest BCUT2D eigenvalue weighted by Crippen LogP contribution is -2.48. The smallest absolute Gasteiger partial charge is 0.0543 e. The molecule has 2 nitrogen and oxygen atoms in total. The molecule has 0 radical (unpaired) electrons. The number of hydrogen-bond donors (Lipinski definition) is 1. The molecule has 2 rings (SSSR count). The van der Waals surface area contributed by atoms with Crippen LogP contribution in [0.2, 0.25) is 0 Å². The summed E-state index contributed by atoms with van der Waals surface area (Å²) in [5.41, 5.74) is 4.89. The number of oxime groups is 1. The number of hydrogen-bond acceptors (Lipinski definition) is 2. The zero-order valence-electron chi connectivity index (χ0n) is 17.4. The molecule has 1 N–H and O–H groups in total. The minimum atomic E-state index is 0.473. The van der Waals surface area contributed by atoms with Crippen LogP contribution in [0, 0.1) is 22.7 Å². The predicted molar refractivity (Wildman–Crippen MR) is 108 cm³/mol. The van der Waals surface area contributed by atoms with Crippen LogP contribution in [0.4, 0.5) is 0 Å². The molecule has 142 valence electrons. The Morgan fingerprint density at radius 2 is 1.96 bits per heavy atom. The lowest BCUT2D eigenvalue weighted by molar-refractivity contribution is -0.0390. The third-order valence-corrected chi connectivity index (χ3v) is 7.29. The van der Waals surface area contributed by atoms with Gasteiger partial charge in [0.2, 0.25) is 0 Å². The van der Waals surface area contributed by atoms with Gasteiger partial charge in [-0.05, 0) is 88.4 Å². The molecule has 0 aromatic heterocycles. The van der Waals surface area contributed by atoms with Crippen molar-refractivity contribution < 1.29 is 5.21 Å². The van der Waals surface area contributed by atoms with Crippen molar-refractivity contribution in [1.29, 1.82) is 0 Å². The monoisotopic (exact) mass is 345 g/mol. The first-order chi connectivity index (χ1) is 11.7. The van der Waals surface area contributed by atoms with Crippen molar-refractivity contribution in [2.75, 3.05) is 0 Å². The van der Waals surface area contributed by atoms with Gasteiger partial charge in [0.05, 0.1) is 5.71 Å². The van der Waals surface area contributed by atoms with Gasteiger partial charge in [-0.1, -0.05) is 55.6 Å². The largest absolute Gasteiger partial charge is 0.411 e. The molecule has 2 aliphatic carbocycles. The van der Waals surface area contributed by atoms with Crippen molar-refractivity contribution >= 4 is 5.71 Å². The first-order valence-corrected chi connectivity index (χ1v) is 10.2. The fourth-order valence-electron chi connectivity index (χ4n) is 5.75. The van der Waals surface area contributed by atoms with Crippen molar-refractivity contribution in [2.45, 2.75) is 92.9 Å². The summed E-state index contributed by atoms with van der Waals surface area (Å²) in [5.74, 6) is 1.56. The van der Waals surface area contributed by atoms with Gasteiger partial charge >= 0.3 is 0 Å². The van der Waals surface area contributed by atoms with Crippen LogP contribution in [-0.2, 0) is 0 Å². The molecule has 0 amide bonds. The second-order valence-electron chi connectivity index (χ2n) is 9.60. The fraction of sp³-hybridized carbons (Fsp3) is 0.783. The maximum atomic E-state index is 8.74. The molecule has 2 heteroatoms. The SMILES string of the molecule is CC1=CC[C@@H]2C(C)(C)CCC[C@@]2(C)[C@@H]1CC/C(C)=C/CC/C(C)=N\O. The highest BCUT2D eigenvalue weighted by molar-refractivity contribution is 5.81. The number of allylic oxidation sites excluding steroid dienone is 4. The van der Waals surface area contributed by atoms with Gasteiger partial charge in [-0.2, -0.15) is 0 Å². The van der Waals surface area contributed by atoms with E-state index in [-0.39, 0.29) is 0 Å². The Hall–Kier alpha value is -1.05. The predicted octanol–water partition coefficient (Wildman–Crippen LogP) is 7.14. The van der Waals surface area contributed by atoms with Crippen molar-refractivity contribution in [3.8, 4) is 0 Å². The van der Waals surface area contributed by atoms with E-state index in [0.29, 0.717) is 10.8 Å². The van der Waals surface area contributed by atoms with Crippen LogP contribution < -0.4 is 0 Å². The van der Waals surface area contributed by atoms with Crippen LogP contribution in [0.1, 0.15) is 92.9 Å². The number of nitrogens with zero attached hydrogens (tertiary/aromatic N) is 1. The van der Waals surface area contributed by atoms with Gasteiger partial charge in [0, 0.05) is 0 Å². The lowest BCUT2D eigenvalue weighted by atomic mass is 9.48. The number of rotatable bonds is 6. The molecule has 1 fully saturated rings. The van der Waals surface area contributed by atoms with E-state index in [0.717, 1.165) is 30.4 Å². The highest BCUT2D eigenvalue weighted by atomic mass is 16.4. The summed E-state index contributed by atoms with van der Waals surface area (Å²) in [5, 5.41) is 12.0. The third-order valence-electron chi connectivity index (χ3n) is 7.29. The van der Waals surface area contributed by atoms with Crippen LogP contribution in [-0.4, -0.2) is 10.9 Å². The van der Waals surface area contributed by atoms with E-state index in [2.05, 4.69) is 51.9 Å². The molecule has 0 aromatic carbocycles. The van der Waals surface area contributed by atoms with Gasteiger partial charge in [-0.3, -0.25) is 0 Å². The summed E-state index contributed by atoms with van der Waals surface area (Å²) in [4.78, 5) is 0. The van der Waals surface area contributed by atoms with E-state index in [1.807, 2.05) is 6.92 Å². The Balaban J connectivity index is 2.03. The average Bonchev–Trinajstić information content (AvgIpc) is 2.53. The summed E-state index contributed by atoms with van der Waals surface area (Å²) in [6.45, 7) is 14.1. The standard InChI is InChI=1S/C23H39NO/c1-17(9-7-10-19(3)24-25)11-13-20-18(2)12-14-21-22(4,5)15-8-16-23(20,21)6/h9,12,20-21,25H,7-8,10-11,13-16H2,1-6H3/b17-9+,24-19-/t20-,21-,23+/m1/s1. The minimum Gasteiger partial charge on any atom is -0.411 e. The van der Waals surface area contributed by atoms with Crippen LogP contribution in [0.15, 0.2) is 28.5 Å². The van der Waals surface area contributed by atoms with E-state index in [9.17, 15) is 0 Å². The molecule has 2 aliphatic rings. The Morgan fingerprint density at radius 3 is 2.64 bits per heavy atom. The van der Waals surface area contributed by atoms with Crippen LogP contribution in [0.25, 0.3) is 0 Å². The van der Waals surface area contributed by atoms with Gasteiger partial charge in [0.25, 0.3) is 0 Å². The summed E-state index contributed by atoms with van der Waals surface area (Å²) in [6, 6.07) is 0. The molecule has 0 bridgehead atoms. The summed E-state index contributed by atoms with van der Waals surface area (Å²) in [6.07, 6.45) is 14.6. The van der Waals surface area contributed by atoms with E-state index in [4.69, 9.17) is 5.21 Å². The third kappa shape index (κ3) is 4.57. The Morgan fingerprint density at radius 1 is 1.24 bits per heavy atom. The molecule has 0 saturated heterocycles. The molecule has 0 aromatic rings. The molecule has 3 atom stereocenters. The van der Waals surface area contributed by atoms with Gasteiger partial charge in [0.1, 0.15) is 0 Å². The van der Waals surface area contributed by atoms with E-state index < -0.39 is 0 Å². The summed E-state index contributed by atoms with van der Waals surface area (Å²) in [7, 11) is 0. The molecule has 1 saturated carbocycles. The van der Waals surface area contributed by atoms with E-state index in [1.54, 1.807) is 5.57 Å². The van der Waals surface area contributed by atoms with Crippen molar-refractivity contribution in [2.24, 2.45) is 27.8 Å². The van der Waals surface area contributed by atoms with E-state index >= 15 is 0 Å². The zero-order chi connectivity index (χ0) is 18.7. The maximum absolute atomic E-state index is 8.74. The average molecular weight is 346 g/mol. The van der Waals surface area contributed by atoms with Crippen LogP contribution in [0.3, 0.4) is 0 Å². The van der Waals surface area contributed by atoms with Crippen LogP contribution >= 0.6 is 0 Å². The fourth-order valence-corrected chi connectivity index (χ4v) is 5.75. The maximum Gasteiger partial charge on any atom is 0.0543 e. The Kier molecular flexibility index (Phi) is 6.56. The molecular weight excluding hydrogens is 306 g/mol. The molecule has 0 heterocycles. The minimum absolute atomic E-state index is 0.473. The quantitative estimate of drug-likeness (QED) is 0.236.